The second-order valence-electron chi connectivity index (χ2n) is 7.49. The smallest absolute Gasteiger partial charge is 0.229 e. The number of nitrogens with zero attached hydrogens (tertiary/aromatic N) is 5. The number of rotatable bonds is 5. The largest absolute Gasteiger partial charge is 0.369 e. The Balaban J connectivity index is 1.26. The summed E-state index contributed by atoms with van der Waals surface area (Å²) in [6, 6.07) is 16.2. The third-order valence-corrected chi connectivity index (χ3v) is 5.34. The Kier molecular flexibility index (Phi) is 4.90. The van der Waals surface area contributed by atoms with E-state index in [9.17, 15) is 0 Å². The van der Waals surface area contributed by atoms with Gasteiger partial charge in [0.05, 0.1) is 17.4 Å². The first-order valence-corrected chi connectivity index (χ1v) is 10.1. The predicted molar refractivity (Wildman–Crippen MR) is 121 cm³/mol. The molecule has 2 aromatic carbocycles. The molecule has 3 N–H and O–H groups in total. The van der Waals surface area contributed by atoms with Gasteiger partial charge in [-0.25, -0.2) is 9.97 Å². The van der Waals surface area contributed by atoms with E-state index in [2.05, 4.69) is 71.7 Å². The van der Waals surface area contributed by atoms with E-state index in [1.165, 1.54) is 5.69 Å². The van der Waals surface area contributed by atoms with Crippen LogP contribution in [0.15, 0.2) is 61.1 Å². The van der Waals surface area contributed by atoms with Gasteiger partial charge >= 0.3 is 0 Å². The van der Waals surface area contributed by atoms with E-state index in [-0.39, 0.29) is 0 Å². The molecule has 4 aromatic rings. The van der Waals surface area contributed by atoms with Gasteiger partial charge in [-0.1, -0.05) is 0 Å². The van der Waals surface area contributed by atoms with Crippen molar-refractivity contribution < 1.29 is 0 Å². The van der Waals surface area contributed by atoms with E-state index < -0.39 is 0 Å². The van der Waals surface area contributed by atoms with E-state index in [1.54, 1.807) is 12.5 Å². The van der Waals surface area contributed by atoms with Crippen LogP contribution in [0.5, 0.6) is 0 Å². The summed E-state index contributed by atoms with van der Waals surface area (Å²) in [6.07, 6.45) is 3.43. The Hall–Kier alpha value is -3.65. The van der Waals surface area contributed by atoms with Crippen LogP contribution in [0.25, 0.3) is 11.0 Å². The summed E-state index contributed by atoms with van der Waals surface area (Å²) in [5, 5.41) is 6.61. The van der Waals surface area contributed by atoms with E-state index in [0.717, 1.165) is 54.4 Å². The van der Waals surface area contributed by atoms with Gasteiger partial charge in [-0.05, 0) is 55.6 Å². The van der Waals surface area contributed by atoms with Gasteiger partial charge in [-0.3, -0.25) is 0 Å². The third kappa shape index (κ3) is 4.04. The molecule has 1 fully saturated rings. The van der Waals surface area contributed by atoms with Crippen molar-refractivity contribution in [2.45, 2.75) is 0 Å². The molecule has 0 spiro atoms. The topological polar surface area (TPSA) is 85.0 Å². The molecule has 30 heavy (non-hydrogen) atoms. The molecule has 1 aliphatic rings. The minimum atomic E-state index is 0.551. The Morgan fingerprint density at radius 2 is 1.67 bits per heavy atom. The van der Waals surface area contributed by atoms with Gasteiger partial charge in [-0.2, -0.15) is 4.98 Å². The first-order chi connectivity index (χ1) is 14.7. The molecule has 5 rings (SSSR count). The summed E-state index contributed by atoms with van der Waals surface area (Å²) in [6.45, 7) is 4.32. The van der Waals surface area contributed by atoms with Gasteiger partial charge in [0, 0.05) is 49.4 Å². The molecule has 0 radical (unpaired) electrons. The summed E-state index contributed by atoms with van der Waals surface area (Å²) < 4.78 is 0. The van der Waals surface area contributed by atoms with Gasteiger partial charge in [-0.15, -0.1) is 0 Å². The van der Waals surface area contributed by atoms with Crippen LogP contribution < -0.4 is 15.5 Å². The molecule has 8 heteroatoms. The van der Waals surface area contributed by atoms with E-state index in [0.29, 0.717) is 5.95 Å². The van der Waals surface area contributed by atoms with Crippen molar-refractivity contribution in [3.05, 3.63) is 61.1 Å². The number of benzene rings is 2. The highest BCUT2D eigenvalue weighted by Gasteiger charge is 2.14. The van der Waals surface area contributed by atoms with Gasteiger partial charge in [0.15, 0.2) is 0 Å². The van der Waals surface area contributed by atoms with Crippen molar-refractivity contribution in [1.82, 2.24) is 24.8 Å². The predicted octanol–water partition coefficient (Wildman–Crippen LogP) is 3.59. The molecular formula is C22H24N8. The Bertz CT molecular complexity index is 1130. The number of likely N-dealkylation sites (N-methyl/N-ethyl adjacent to an activating group) is 1. The minimum absolute atomic E-state index is 0.551. The molecule has 0 bridgehead atoms. The lowest BCUT2D eigenvalue weighted by atomic mass is 10.2. The van der Waals surface area contributed by atoms with Gasteiger partial charge < -0.3 is 25.4 Å². The van der Waals surface area contributed by atoms with Crippen molar-refractivity contribution in [3.8, 4) is 0 Å². The molecule has 0 atom stereocenters. The lowest BCUT2D eigenvalue weighted by Gasteiger charge is -2.34. The third-order valence-electron chi connectivity index (χ3n) is 5.34. The minimum Gasteiger partial charge on any atom is -0.369 e. The summed E-state index contributed by atoms with van der Waals surface area (Å²) >= 11 is 0. The van der Waals surface area contributed by atoms with Gasteiger partial charge in [0.1, 0.15) is 5.82 Å². The first-order valence-electron chi connectivity index (χ1n) is 10.1. The number of anilines is 5. The molecule has 0 unspecified atom stereocenters. The van der Waals surface area contributed by atoms with E-state index >= 15 is 0 Å². The van der Waals surface area contributed by atoms with Crippen LogP contribution in [-0.2, 0) is 0 Å². The molecular weight excluding hydrogens is 376 g/mol. The van der Waals surface area contributed by atoms with Crippen LogP contribution >= 0.6 is 0 Å². The fraction of sp³-hybridized carbons (Fsp3) is 0.227. The van der Waals surface area contributed by atoms with Crippen LogP contribution in [0.1, 0.15) is 0 Å². The van der Waals surface area contributed by atoms with Crippen LogP contribution in [0, 0.1) is 0 Å². The van der Waals surface area contributed by atoms with Crippen LogP contribution in [-0.4, -0.2) is 58.1 Å². The average Bonchev–Trinajstić information content (AvgIpc) is 3.23. The molecule has 1 aliphatic heterocycles. The number of hydrogen-bond acceptors (Lipinski definition) is 7. The number of imidazole rings is 1. The number of nitrogens with one attached hydrogen (secondary N) is 3. The van der Waals surface area contributed by atoms with Crippen molar-refractivity contribution in [3.63, 3.8) is 0 Å². The van der Waals surface area contributed by atoms with Gasteiger partial charge in [0.2, 0.25) is 5.95 Å². The molecule has 0 saturated carbocycles. The maximum Gasteiger partial charge on any atom is 0.229 e. The van der Waals surface area contributed by atoms with Crippen molar-refractivity contribution >= 4 is 39.9 Å². The average molecular weight is 400 g/mol. The second-order valence-corrected chi connectivity index (χ2v) is 7.49. The highest BCUT2D eigenvalue weighted by atomic mass is 15.2. The lowest BCUT2D eigenvalue weighted by Crippen LogP contribution is -2.44. The molecule has 0 aliphatic carbocycles. The first kappa shape index (κ1) is 18.4. The number of aromatic nitrogens is 4. The fourth-order valence-electron chi connectivity index (χ4n) is 3.60. The highest BCUT2D eigenvalue weighted by Crippen LogP contribution is 2.23. The van der Waals surface area contributed by atoms with Crippen LogP contribution in [0.4, 0.5) is 28.8 Å². The summed E-state index contributed by atoms with van der Waals surface area (Å²) in [5.74, 6) is 1.27. The van der Waals surface area contributed by atoms with Crippen molar-refractivity contribution in [2.24, 2.45) is 0 Å². The zero-order valence-corrected chi connectivity index (χ0v) is 16.8. The van der Waals surface area contributed by atoms with Gasteiger partial charge in [0.25, 0.3) is 0 Å². The summed E-state index contributed by atoms with van der Waals surface area (Å²) in [4.78, 5) is 21.1. The maximum absolute atomic E-state index is 4.58. The monoisotopic (exact) mass is 400 g/mol. The molecule has 2 aromatic heterocycles. The zero-order chi connectivity index (χ0) is 20.3. The molecule has 8 nitrogen and oxygen atoms in total. The zero-order valence-electron chi connectivity index (χ0n) is 16.8. The quantitative estimate of drug-likeness (QED) is 0.472. The molecule has 1 saturated heterocycles. The Morgan fingerprint density at radius 1 is 0.867 bits per heavy atom. The Morgan fingerprint density at radius 3 is 2.50 bits per heavy atom. The molecule has 0 amide bonds. The maximum atomic E-state index is 4.58. The normalized spacial score (nSPS) is 14.8. The number of aromatic amines is 1. The SMILES string of the molecule is CN1CCN(c2ccc(Nc3nccc(Nc4ccc5nc[nH]c5c4)n3)cc2)CC1. The summed E-state index contributed by atoms with van der Waals surface area (Å²) in [5.41, 5.74) is 5.06. The number of fused-ring (bicyclic) bond motifs is 1. The lowest BCUT2D eigenvalue weighted by molar-refractivity contribution is 0.313. The number of H-pyrrole nitrogens is 1. The van der Waals surface area contributed by atoms with Crippen LogP contribution in [0.2, 0.25) is 0 Å². The summed E-state index contributed by atoms with van der Waals surface area (Å²) in [7, 11) is 2.17. The highest BCUT2D eigenvalue weighted by molar-refractivity contribution is 5.79. The number of piperazine rings is 1. The number of hydrogen-bond donors (Lipinski definition) is 3. The second kappa shape index (κ2) is 8.00. The molecule has 152 valence electrons. The fourth-order valence-corrected chi connectivity index (χ4v) is 3.60. The van der Waals surface area contributed by atoms with Crippen LogP contribution in [0.3, 0.4) is 0 Å². The van der Waals surface area contributed by atoms with Crippen molar-refractivity contribution in [1.29, 1.82) is 0 Å². The standard InChI is InChI=1S/C22H24N8/c1-29-10-12-30(13-11-29)18-5-2-16(3-6-18)27-22-23-9-8-21(28-22)26-17-4-7-19-20(14-17)25-15-24-19/h2-9,14-15H,10-13H2,1H3,(H,24,25)(H2,23,26,27,28). The van der Waals surface area contributed by atoms with E-state index in [4.69, 9.17) is 0 Å². The Labute approximate surface area is 175 Å². The van der Waals surface area contributed by atoms with Crippen molar-refractivity contribution in [2.75, 3.05) is 48.8 Å². The van der Waals surface area contributed by atoms with E-state index in [1.807, 2.05) is 24.3 Å². The molecule has 3 heterocycles.